The Balaban J connectivity index is 1.46. The number of nitrogens with one attached hydrogen (secondary N) is 1. The molecule has 8 heteroatoms. The summed E-state index contributed by atoms with van der Waals surface area (Å²) < 4.78 is 3.18. The van der Waals surface area contributed by atoms with Crippen LogP contribution in [0.1, 0.15) is 21.5 Å². The molecule has 2 aromatic heterocycles. The van der Waals surface area contributed by atoms with Gasteiger partial charge in [-0.05, 0) is 24.6 Å². The van der Waals surface area contributed by atoms with Crippen LogP contribution >= 0.6 is 11.6 Å². The lowest BCUT2D eigenvalue weighted by Gasteiger charge is -2.08. The fourth-order valence-corrected chi connectivity index (χ4v) is 3.40. The predicted molar refractivity (Wildman–Crippen MR) is 116 cm³/mol. The molecule has 1 N–H and O–H groups in total. The number of nitrogens with zero attached hydrogens (tertiary/aromatic N) is 4. The highest BCUT2D eigenvalue weighted by Crippen LogP contribution is 2.14. The lowest BCUT2D eigenvalue weighted by atomic mass is 10.1. The number of halogens is 1. The van der Waals surface area contributed by atoms with E-state index in [1.165, 1.54) is 18.1 Å². The molecule has 4 aromatic rings. The van der Waals surface area contributed by atoms with Gasteiger partial charge in [0.2, 0.25) is 0 Å². The Morgan fingerprint density at radius 3 is 2.67 bits per heavy atom. The summed E-state index contributed by atoms with van der Waals surface area (Å²) in [5, 5.41) is 7.92. The summed E-state index contributed by atoms with van der Waals surface area (Å²) in [6, 6.07) is 14.9. The Morgan fingerprint density at radius 2 is 1.90 bits per heavy atom. The van der Waals surface area contributed by atoms with Crippen molar-refractivity contribution in [1.29, 1.82) is 0 Å². The van der Waals surface area contributed by atoms with Gasteiger partial charge >= 0.3 is 0 Å². The van der Waals surface area contributed by atoms with Crippen LogP contribution in [-0.2, 0) is 13.1 Å². The first-order chi connectivity index (χ1) is 14.5. The highest BCUT2D eigenvalue weighted by molar-refractivity contribution is 6.33. The monoisotopic (exact) mass is 421 g/mol. The van der Waals surface area contributed by atoms with Crippen LogP contribution in [0.5, 0.6) is 0 Å². The van der Waals surface area contributed by atoms with Crippen molar-refractivity contribution in [3.05, 3.63) is 93.1 Å². The highest BCUT2D eigenvalue weighted by Gasteiger charge is 2.12. The maximum Gasteiger partial charge on any atom is 0.264 e. The van der Waals surface area contributed by atoms with Gasteiger partial charge in [0.15, 0.2) is 5.65 Å². The van der Waals surface area contributed by atoms with Gasteiger partial charge in [0.05, 0.1) is 29.9 Å². The lowest BCUT2D eigenvalue weighted by molar-refractivity contribution is 0.0952. The molecule has 0 fully saturated rings. The van der Waals surface area contributed by atoms with Crippen molar-refractivity contribution < 1.29 is 4.79 Å². The van der Waals surface area contributed by atoms with Gasteiger partial charge in [0.1, 0.15) is 11.7 Å². The van der Waals surface area contributed by atoms with Crippen LogP contribution in [0.25, 0.3) is 11.0 Å². The summed E-state index contributed by atoms with van der Waals surface area (Å²) in [4.78, 5) is 29.5. The van der Waals surface area contributed by atoms with E-state index in [1.807, 2.05) is 31.2 Å². The third-order valence-corrected chi connectivity index (χ3v) is 5.15. The first kappa shape index (κ1) is 19.8. The first-order valence-electron chi connectivity index (χ1n) is 9.52. The molecule has 0 aliphatic carbocycles. The van der Waals surface area contributed by atoms with Gasteiger partial charge in [-0.25, -0.2) is 9.67 Å². The number of fused-ring (bicyclic) bond motifs is 1. The Hall–Kier alpha value is -3.45. The highest BCUT2D eigenvalue weighted by atomic mass is 35.5. The van der Waals surface area contributed by atoms with E-state index >= 15 is 0 Å². The summed E-state index contributed by atoms with van der Waals surface area (Å²) >= 11 is 6.05. The standard InChI is InChI=1S/C22H20ClN5O2/c1-15-6-8-16(9-7-15)13-27-14-25-20-18(22(27)30)12-26-28(20)11-10-24-21(29)17-4-2-3-5-19(17)23/h2-9,12,14H,10-11,13H2,1H3,(H,24,29). The molecule has 0 saturated heterocycles. The molecule has 0 saturated carbocycles. The average molecular weight is 422 g/mol. The maximum atomic E-state index is 12.8. The zero-order chi connectivity index (χ0) is 21.1. The second kappa shape index (κ2) is 8.51. The van der Waals surface area contributed by atoms with E-state index in [9.17, 15) is 9.59 Å². The maximum absolute atomic E-state index is 12.8. The largest absolute Gasteiger partial charge is 0.350 e. The topological polar surface area (TPSA) is 81.8 Å². The first-order valence-corrected chi connectivity index (χ1v) is 9.90. The third-order valence-electron chi connectivity index (χ3n) is 4.82. The van der Waals surface area contributed by atoms with E-state index in [2.05, 4.69) is 15.4 Å². The van der Waals surface area contributed by atoms with Crippen molar-refractivity contribution >= 4 is 28.5 Å². The van der Waals surface area contributed by atoms with E-state index in [1.54, 1.807) is 33.5 Å². The molecule has 30 heavy (non-hydrogen) atoms. The minimum Gasteiger partial charge on any atom is -0.350 e. The number of carbonyl (C=O) groups is 1. The summed E-state index contributed by atoms with van der Waals surface area (Å²) in [5.41, 5.74) is 2.96. The van der Waals surface area contributed by atoms with E-state index in [0.717, 1.165) is 5.56 Å². The molecule has 1 amide bonds. The number of amides is 1. The van der Waals surface area contributed by atoms with Gasteiger partial charge in [-0.2, -0.15) is 5.10 Å². The van der Waals surface area contributed by atoms with E-state index in [4.69, 9.17) is 11.6 Å². The fourth-order valence-electron chi connectivity index (χ4n) is 3.18. The molecular weight excluding hydrogens is 402 g/mol. The number of aromatic nitrogens is 4. The Bertz CT molecular complexity index is 1260. The molecular formula is C22H20ClN5O2. The molecule has 0 radical (unpaired) electrons. The number of carbonyl (C=O) groups excluding carboxylic acids is 1. The Kier molecular flexibility index (Phi) is 5.63. The van der Waals surface area contributed by atoms with Crippen LogP contribution < -0.4 is 10.9 Å². The van der Waals surface area contributed by atoms with Crippen LogP contribution in [0, 0.1) is 6.92 Å². The van der Waals surface area contributed by atoms with Crippen molar-refractivity contribution in [2.75, 3.05) is 6.54 Å². The van der Waals surface area contributed by atoms with Crippen molar-refractivity contribution in [2.24, 2.45) is 0 Å². The molecule has 7 nitrogen and oxygen atoms in total. The van der Waals surface area contributed by atoms with Crippen molar-refractivity contribution in [3.8, 4) is 0 Å². The Labute approximate surface area is 177 Å². The Morgan fingerprint density at radius 1 is 1.13 bits per heavy atom. The fraction of sp³-hybridized carbons (Fsp3) is 0.182. The predicted octanol–water partition coefficient (Wildman–Crippen LogP) is 3.03. The molecule has 4 rings (SSSR count). The lowest BCUT2D eigenvalue weighted by Crippen LogP contribution is -2.28. The van der Waals surface area contributed by atoms with E-state index in [-0.39, 0.29) is 11.5 Å². The summed E-state index contributed by atoms with van der Waals surface area (Å²) in [5.74, 6) is -0.259. The van der Waals surface area contributed by atoms with Gasteiger partial charge in [-0.3, -0.25) is 14.2 Å². The minimum atomic E-state index is -0.259. The molecule has 0 spiro atoms. The van der Waals surface area contributed by atoms with Crippen molar-refractivity contribution in [2.45, 2.75) is 20.0 Å². The van der Waals surface area contributed by atoms with E-state index in [0.29, 0.717) is 41.3 Å². The van der Waals surface area contributed by atoms with Gasteiger partial charge in [-0.15, -0.1) is 0 Å². The quantitative estimate of drug-likeness (QED) is 0.518. The molecule has 0 atom stereocenters. The summed E-state index contributed by atoms with van der Waals surface area (Å²) in [6.45, 7) is 3.18. The molecule has 0 bridgehead atoms. The summed E-state index contributed by atoms with van der Waals surface area (Å²) in [6.07, 6.45) is 3.05. The number of hydrogen-bond donors (Lipinski definition) is 1. The van der Waals surface area contributed by atoms with Crippen LogP contribution in [-0.4, -0.2) is 31.8 Å². The van der Waals surface area contributed by atoms with Gasteiger partial charge < -0.3 is 5.32 Å². The van der Waals surface area contributed by atoms with Gasteiger partial charge in [0.25, 0.3) is 11.5 Å². The second-order valence-corrected chi connectivity index (χ2v) is 7.41. The van der Waals surface area contributed by atoms with Gasteiger partial charge in [-0.1, -0.05) is 53.6 Å². The number of hydrogen-bond acceptors (Lipinski definition) is 4. The van der Waals surface area contributed by atoms with Crippen LogP contribution in [0.4, 0.5) is 0 Å². The molecule has 152 valence electrons. The number of aryl methyl sites for hydroxylation is 1. The number of benzene rings is 2. The smallest absolute Gasteiger partial charge is 0.264 e. The molecule has 0 unspecified atom stereocenters. The average Bonchev–Trinajstić information content (AvgIpc) is 3.15. The molecule has 0 aliphatic heterocycles. The normalized spacial score (nSPS) is 11.0. The summed E-state index contributed by atoms with van der Waals surface area (Å²) in [7, 11) is 0. The molecule has 2 heterocycles. The number of rotatable bonds is 6. The van der Waals surface area contributed by atoms with E-state index < -0.39 is 0 Å². The minimum absolute atomic E-state index is 0.146. The SMILES string of the molecule is Cc1ccc(Cn2cnc3c(cnn3CCNC(=O)c3ccccc3Cl)c2=O)cc1. The van der Waals surface area contributed by atoms with Gasteiger partial charge in [0, 0.05) is 6.54 Å². The van der Waals surface area contributed by atoms with Crippen molar-refractivity contribution in [3.63, 3.8) is 0 Å². The van der Waals surface area contributed by atoms with Crippen molar-refractivity contribution in [1.82, 2.24) is 24.6 Å². The van der Waals surface area contributed by atoms with Crippen LogP contribution in [0.2, 0.25) is 5.02 Å². The molecule has 2 aromatic carbocycles. The second-order valence-electron chi connectivity index (χ2n) is 7.00. The van der Waals surface area contributed by atoms with Crippen LogP contribution in [0.3, 0.4) is 0 Å². The zero-order valence-electron chi connectivity index (χ0n) is 16.4. The van der Waals surface area contributed by atoms with Crippen LogP contribution in [0.15, 0.2) is 65.8 Å². The third kappa shape index (κ3) is 4.11. The zero-order valence-corrected chi connectivity index (χ0v) is 17.1. The molecule has 0 aliphatic rings.